The van der Waals surface area contributed by atoms with Gasteiger partial charge in [-0.3, -0.25) is 9.59 Å². The fraction of sp³-hybridized carbons (Fsp3) is 0.500. The van der Waals surface area contributed by atoms with Crippen molar-refractivity contribution in [3.05, 3.63) is 26.6 Å². The summed E-state index contributed by atoms with van der Waals surface area (Å²) in [5.74, 6) is -0.641. The quantitative estimate of drug-likeness (QED) is 0.477. The molecule has 1 heterocycles. The minimum atomic E-state index is -0.498. The Morgan fingerprint density at radius 2 is 1.96 bits per heavy atom. The van der Waals surface area contributed by atoms with Crippen molar-refractivity contribution in [2.24, 2.45) is 0 Å². The SMILES string of the molecule is CC(C)(C)OC=O.COC(=O)c1cc(Br)cc(Br)c1NC(=O)[C@@H]1CCCN1. The van der Waals surface area contributed by atoms with Crippen LogP contribution in [0.4, 0.5) is 5.69 Å². The summed E-state index contributed by atoms with van der Waals surface area (Å²) < 4.78 is 10.6. The van der Waals surface area contributed by atoms with Crippen LogP contribution < -0.4 is 10.6 Å². The number of hydrogen-bond donors (Lipinski definition) is 2. The monoisotopic (exact) mass is 506 g/mol. The van der Waals surface area contributed by atoms with Gasteiger partial charge in [-0.25, -0.2) is 4.79 Å². The van der Waals surface area contributed by atoms with Gasteiger partial charge >= 0.3 is 5.97 Å². The number of carbonyl (C=O) groups excluding carboxylic acids is 3. The van der Waals surface area contributed by atoms with E-state index in [2.05, 4.69) is 47.2 Å². The minimum Gasteiger partial charge on any atom is -0.465 e. The lowest BCUT2D eigenvalue weighted by Crippen LogP contribution is -2.36. The van der Waals surface area contributed by atoms with Crippen molar-refractivity contribution in [2.75, 3.05) is 19.0 Å². The standard InChI is InChI=1S/C13H14Br2N2O3.C5H10O2/c1-20-13(19)8-5-7(14)6-9(15)11(8)17-12(18)10-3-2-4-16-10;1-5(2,3)7-4-6/h5-6,10,16H,2-4H2,1H3,(H,17,18);4H,1-3H3/t10-;/m0./s1. The van der Waals surface area contributed by atoms with Crippen LogP contribution in [0.1, 0.15) is 44.0 Å². The van der Waals surface area contributed by atoms with E-state index in [-0.39, 0.29) is 17.6 Å². The first kappa shape index (κ1) is 23.6. The summed E-state index contributed by atoms with van der Waals surface area (Å²) in [7, 11) is 1.31. The zero-order valence-corrected chi connectivity index (χ0v) is 18.9. The maximum absolute atomic E-state index is 12.2. The summed E-state index contributed by atoms with van der Waals surface area (Å²) in [5, 5.41) is 5.91. The molecule has 1 aromatic carbocycles. The van der Waals surface area contributed by atoms with Gasteiger partial charge in [0.15, 0.2) is 0 Å². The highest BCUT2D eigenvalue weighted by Gasteiger charge is 2.25. The Balaban J connectivity index is 0.000000445. The fourth-order valence-electron chi connectivity index (χ4n) is 2.23. The molecule has 0 radical (unpaired) electrons. The van der Waals surface area contributed by atoms with E-state index in [4.69, 9.17) is 4.74 Å². The molecule has 1 aliphatic heterocycles. The Bertz CT molecular complexity index is 683. The average molecular weight is 508 g/mol. The van der Waals surface area contributed by atoms with E-state index in [0.29, 0.717) is 22.2 Å². The smallest absolute Gasteiger partial charge is 0.340 e. The summed E-state index contributed by atoms with van der Waals surface area (Å²) >= 11 is 6.67. The highest BCUT2D eigenvalue weighted by molar-refractivity contribution is 9.11. The van der Waals surface area contributed by atoms with Crippen LogP contribution in [-0.2, 0) is 19.1 Å². The predicted octanol–water partition coefficient (Wildman–Crippen LogP) is 3.65. The molecule has 1 saturated heterocycles. The first-order valence-corrected chi connectivity index (χ1v) is 9.90. The van der Waals surface area contributed by atoms with Gasteiger partial charge in [-0.15, -0.1) is 0 Å². The molecule has 9 heteroatoms. The van der Waals surface area contributed by atoms with Crippen molar-refractivity contribution in [1.82, 2.24) is 5.32 Å². The van der Waals surface area contributed by atoms with Crippen LogP contribution in [0.2, 0.25) is 0 Å². The van der Waals surface area contributed by atoms with Gasteiger partial charge in [0.2, 0.25) is 5.91 Å². The van der Waals surface area contributed by atoms with E-state index >= 15 is 0 Å². The molecule has 0 unspecified atom stereocenters. The topological polar surface area (TPSA) is 93.7 Å². The summed E-state index contributed by atoms with van der Waals surface area (Å²) in [6.45, 7) is 6.76. The van der Waals surface area contributed by atoms with E-state index in [1.165, 1.54) is 7.11 Å². The number of amides is 1. The lowest BCUT2D eigenvalue weighted by atomic mass is 10.1. The Hall–Kier alpha value is -1.45. The van der Waals surface area contributed by atoms with Crippen molar-refractivity contribution in [2.45, 2.75) is 45.3 Å². The van der Waals surface area contributed by atoms with Crippen molar-refractivity contribution in [3.63, 3.8) is 0 Å². The average Bonchev–Trinajstić information content (AvgIpc) is 3.10. The number of halogens is 2. The Morgan fingerprint density at radius 3 is 2.41 bits per heavy atom. The molecule has 1 amide bonds. The molecule has 0 saturated carbocycles. The van der Waals surface area contributed by atoms with Crippen LogP contribution in [0.3, 0.4) is 0 Å². The third-order valence-electron chi connectivity index (χ3n) is 3.49. The largest absolute Gasteiger partial charge is 0.465 e. The van der Waals surface area contributed by atoms with Crippen LogP contribution in [0.5, 0.6) is 0 Å². The second-order valence-electron chi connectivity index (χ2n) is 6.77. The Kier molecular flexibility index (Phi) is 9.41. The maximum atomic E-state index is 12.2. The minimum absolute atomic E-state index is 0.143. The lowest BCUT2D eigenvalue weighted by molar-refractivity contribution is -0.138. The second-order valence-corrected chi connectivity index (χ2v) is 8.54. The van der Waals surface area contributed by atoms with Crippen LogP contribution in [0, 0.1) is 0 Å². The number of methoxy groups -OCH3 is 1. The van der Waals surface area contributed by atoms with Crippen LogP contribution >= 0.6 is 31.9 Å². The Labute approximate surface area is 175 Å². The lowest BCUT2D eigenvalue weighted by Gasteiger charge is -2.15. The molecule has 1 aromatic rings. The highest BCUT2D eigenvalue weighted by atomic mass is 79.9. The van der Waals surface area contributed by atoms with Gasteiger partial charge in [0.05, 0.1) is 24.4 Å². The molecular weight excluding hydrogens is 484 g/mol. The summed E-state index contributed by atoms with van der Waals surface area (Å²) in [4.78, 5) is 33.6. The molecule has 0 bridgehead atoms. The zero-order chi connectivity index (χ0) is 20.6. The van der Waals surface area contributed by atoms with Gasteiger partial charge in [-0.2, -0.15) is 0 Å². The highest BCUT2D eigenvalue weighted by Crippen LogP contribution is 2.31. The number of hydrogen-bond acceptors (Lipinski definition) is 6. The van der Waals surface area contributed by atoms with Gasteiger partial charge in [-0.1, -0.05) is 15.9 Å². The summed E-state index contributed by atoms with van der Waals surface area (Å²) in [5.41, 5.74) is 0.417. The molecule has 0 aliphatic carbocycles. The molecule has 1 atom stereocenters. The van der Waals surface area contributed by atoms with Gasteiger partial charge in [0.1, 0.15) is 5.60 Å². The molecule has 0 spiro atoms. The molecule has 1 fully saturated rings. The van der Waals surface area contributed by atoms with E-state index in [1.807, 2.05) is 20.8 Å². The number of carbonyl (C=O) groups is 3. The van der Waals surface area contributed by atoms with E-state index in [0.717, 1.165) is 23.9 Å². The number of ether oxygens (including phenoxy) is 2. The fourth-order valence-corrected chi connectivity index (χ4v) is 3.56. The third kappa shape index (κ3) is 7.98. The number of nitrogens with one attached hydrogen (secondary N) is 2. The molecule has 150 valence electrons. The van der Waals surface area contributed by atoms with E-state index in [1.54, 1.807) is 12.1 Å². The van der Waals surface area contributed by atoms with Crippen LogP contribution in [0.15, 0.2) is 21.1 Å². The van der Waals surface area contributed by atoms with Crippen molar-refractivity contribution in [1.29, 1.82) is 0 Å². The van der Waals surface area contributed by atoms with Gasteiger partial charge in [0, 0.05) is 8.95 Å². The van der Waals surface area contributed by atoms with Crippen molar-refractivity contribution < 1.29 is 23.9 Å². The molecule has 2 N–H and O–H groups in total. The predicted molar refractivity (Wildman–Crippen MR) is 110 cm³/mol. The molecule has 27 heavy (non-hydrogen) atoms. The molecule has 1 aliphatic rings. The molecule has 2 rings (SSSR count). The number of esters is 1. The molecule has 7 nitrogen and oxygen atoms in total. The first-order valence-electron chi connectivity index (χ1n) is 8.32. The molecule has 0 aromatic heterocycles. The first-order chi connectivity index (χ1) is 12.6. The van der Waals surface area contributed by atoms with Gasteiger partial charge in [0.25, 0.3) is 6.47 Å². The van der Waals surface area contributed by atoms with Crippen LogP contribution in [0.25, 0.3) is 0 Å². The zero-order valence-electron chi connectivity index (χ0n) is 15.7. The van der Waals surface area contributed by atoms with Crippen molar-refractivity contribution >= 4 is 55.9 Å². The van der Waals surface area contributed by atoms with E-state index in [9.17, 15) is 14.4 Å². The third-order valence-corrected chi connectivity index (χ3v) is 4.57. The van der Waals surface area contributed by atoms with E-state index < -0.39 is 5.97 Å². The normalized spacial score (nSPS) is 16.0. The van der Waals surface area contributed by atoms with Gasteiger partial charge in [-0.05, 0) is 68.2 Å². The Morgan fingerprint density at radius 1 is 1.30 bits per heavy atom. The summed E-state index contributed by atoms with van der Waals surface area (Å²) in [6.07, 6.45) is 1.77. The summed E-state index contributed by atoms with van der Waals surface area (Å²) in [6, 6.07) is 3.18. The second kappa shape index (κ2) is 10.8. The molecular formula is C18H24Br2N2O5. The number of rotatable bonds is 4. The van der Waals surface area contributed by atoms with Gasteiger partial charge < -0.3 is 20.1 Å². The van der Waals surface area contributed by atoms with Crippen molar-refractivity contribution in [3.8, 4) is 0 Å². The number of anilines is 1. The number of benzene rings is 1. The van der Waals surface area contributed by atoms with Crippen LogP contribution in [-0.4, -0.2) is 43.6 Å². The maximum Gasteiger partial charge on any atom is 0.340 e.